The maximum absolute atomic E-state index is 5.91. The molecule has 1 N–H and O–H groups in total. The van der Waals surface area contributed by atoms with Gasteiger partial charge in [0.15, 0.2) is 11.5 Å². The van der Waals surface area contributed by atoms with Gasteiger partial charge in [0.05, 0.1) is 0 Å². The smallest absolute Gasteiger partial charge is 0.161 e. The van der Waals surface area contributed by atoms with Crippen LogP contribution >= 0.6 is 0 Å². The SMILES string of the molecule is CCn1cccc1CNCC1COc2ccccc2O1. The van der Waals surface area contributed by atoms with Gasteiger partial charge in [0.1, 0.15) is 12.7 Å². The second-order valence-corrected chi connectivity index (χ2v) is 4.91. The van der Waals surface area contributed by atoms with Crippen molar-refractivity contribution >= 4 is 0 Å². The van der Waals surface area contributed by atoms with Gasteiger partial charge in [-0.05, 0) is 31.2 Å². The zero-order valence-electron chi connectivity index (χ0n) is 11.7. The van der Waals surface area contributed by atoms with E-state index in [1.54, 1.807) is 0 Å². The summed E-state index contributed by atoms with van der Waals surface area (Å²) in [5, 5.41) is 3.44. The molecule has 4 nitrogen and oxygen atoms in total. The highest BCUT2D eigenvalue weighted by Crippen LogP contribution is 2.30. The first-order valence-electron chi connectivity index (χ1n) is 7.10. The molecule has 2 heterocycles. The third-order valence-corrected chi connectivity index (χ3v) is 3.51. The van der Waals surface area contributed by atoms with E-state index in [0.29, 0.717) is 6.61 Å². The van der Waals surface area contributed by atoms with Crippen molar-refractivity contribution < 1.29 is 9.47 Å². The van der Waals surface area contributed by atoms with E-state index in [4.69, 9.17) is 9.47 Å². The van der Waals surface area contributed by atoms with Crippen molar-refractivity contribution in [3.8, 4) is 11.5 Å². The number of hydrogen-bond acceptors (Lipinski definition) is 3. The Kier molecular flexibility index (Phi) is 3.92. The van der Waals surface area contributed by atoms with Crippen molar-refractivity contribution in [2.45, 2.75) is 26.1 Å². The number of ether oxygens (including phenoxy) is 2. The Morgan fingerprint density at radius 3 is 2.90 bits per heavy atom. The molecule has 0 saturated carbocycles. The topological polar surface area (TPSA) is 35.4 Å². The highest BCUT2D eigenvalue weighted by molar-refractivity contribution is 5.40. The Bertz CT molecular complexity index is 565. The van der Waals surface area contributed by atoms with E-state index in [9.17, 15) is 0 Å². The minimum Gasteiger partial charge on any atom is -0.486 e. The number of aryl methyl sites for hydroxylation is 1. The molecule has 0 fully saturated rings. The van der Waals surface area contributed by atoms with Crippen LogP contribution in [-0.4, -0.2) is 23.8 Å². The number of benzene rings is 1. The predicted molar refractivity (Wildman–Crippen MR) is 78.2 cm³/mol. The number of rotatable bonds is 5. The van der Waals surface area contributed by atoms with Crippen LogP contribution in [0.3, 0.4) is 0 Å². The zero-order valence-corrected chi connectivity index (χ0v) is 11.7. The fraction of sp³-hybridized carbons (Fsp3) is 0.375. The van der Waals surface area contributed by atoms with Crippen LogP contribution in [0.4, 0.5) is 0 Å². The lowest BCUT2D eigenvalue weighted by atomic mass is 10.2. The Labute approximate surface area is 119 Å². The second kappa shape index (κ2) is 6.01. The Balaban J connectivity index is 1.51. The molecule has 1 aromatic heterocycles. The van der Waals surface area contributed by atoms with Crippen molar-refractivity contribution in [1.82, 2.24) is 9.88 Å². The fourth-order valence-electron chi connectivity index (χ4n) is 2.44. The minimum absolute atomic E-state index is 0.0648. The molecule has 20 heavy (non-hydrogen) atoms. The van der Waals surface area contributed by atoms with Crippen LogP contribution in [0, 0.1) is 0 Å². The summed E-state index contributed by atoms with van der Waals surface area (Å²) in [6.07, 6.45) is 2.17. The lowest BCUT2D eigenvalue weighted by Gasteiger charge is -2.26. The molecule has 0 spiro atoms. The third kappa shape index (κ3) is 2.80. The van der Waals surface area contributed by atoms with Crippen LogP contribution in [0.2, 0.25) is 0 Å². The molecule has 0 bridgehead atoms. The first-order chi connectivity index (χ1) is 9.86. The van der Waals surface area contributed by atoms with Crippen LogP contribution in [0.5, 0.6) is 11.5 Å². The summed E-state index contributed by atoms with van der Waals surface area (Å²) in [5.41, 5.74) is 1.30. The van der Waals surface area contributed by atoms with Crippen LogP contribution in [0.25, 0.3) is 0 Å². The molecule has 1 aliphatic rings. The molecule has 1 unspecified atom stereocenters. The van der Waals surface area contributed by atoms with Gasteiger partial charge in [0, 0.05) is 31.5 Å². The van der Waals surface area contributed by atoms with Crippen LogP contribution in [-0.2, 0) is 13.1 Å². The zero-order chi connectivity index (χ0) is 13.8. The van der Waals surface area contributed by atoms with Crippen molar-refractivity contribution in [2.24, 2.45) is 0 Å². The summed E-state index contributed by atoms with van der Waals surface area (Å²) in [7, 11) is 0. The summed E-state index contributed by atoms with van der Waals surface area (Å²) in [6.45, 7) is 5.38. The van der Waals surface area contributed by atoms with Gasteiger partial charge in [-0.25, -0.2) is 0 Å². The first kappa shape index (κ1) is 13.1. The summed E-state index contributed by atoms with van der Waals surface area (Å²) in [4.78, 5) is 0. The number of hydrogen-bond donors (Lipinski definition) is 1. The molecule has 1 aliphatic heterocycles. The monoisotopic (exact) mass is 272 g/mol. The van der Waals surface area contributed by atoms with E-state index < -0.39 is 0 Å². The van der Waals surface area contributed by atoms with Gasteiger partial charge >= 0.3 is 0 Å². The van der Waals surface area contributed by atoms with Gasteiger partial charge in [-0.3, -0.25) is 0 Å². The summed E-state index contributed by atoms with van der Waals surface area (Å²) in [6, 6.07) is 12.0. The van der Waals surface area contributed by atoms with Crippen molar-refractivity contribution in [3.05, 3.63) is 48.3 Å². The fourth-order valence-corrected chi connectivity index (χ4v) is 2.44. The first-order valence-corrected chi connectivity index (χ1v) is 7.10. The number of nitrogens with one attached hydrogen (secondary N) is 1. The quantitative estimate of drug-likeness (QED) is 0.908. The summed E-state index contributed by atoms with van der Waals surface area (Å²) in [5.74, 6) is 1.67. The van der Waals surface area contributed by atoms with E-state index in [-0.39, 0.29) is 6.10 Å². The number of para-hydroxylation sites is 2. The maximum Gasteiger partial charge on any atom is 0.161 e. The Morgan fingerprint density at radius 2 is 2.05 bits per heavy atom. The second-order valence-electron chi connectivity index (χ2n) is 4.91. The third-order valence-electron chi connectivity index (χ3n) is 3.51. The van der Waals surface area contributed by atoms with Crippen LogP contribution < -0.4 is 14.8 Å². The van der Waals surface area contributed by atoms with Gasteiger partial charge < -0.3 is 19.4 Å². The molecule has 0 aliphatic carbocycles. The molecule has 0 saturated heterocycles. The van der Waals surface area contributed by atoms with Crippen molar-refractivity contribution in [3.63, 3.8) is 0 Å². The molecule has 0 radical (unpaired) electrons. The van der Waals surface area contributed by atoms with E-state index in [1.807, 2.05) is 24.3 Å². The van der Waals surface area contributed by atoms with E-state index >= 15 is 0 Å². The molecule has 106 valence electrons. The van der Waals surface area contributed by atoms with E-state index in [2.05, 4.69) is 35.1 Å². The molecule has 1 aromatic carbocycles. The predicted octanol–water partition coefficient (Wildman–Crippen LogP) is 2.44. The molecular weight excluding hydrogens is 252 g/mol. The lowest BCUT2D eigenvalue weighted by molar-refractivity contribution is 0.0901. The van der Waals surface area contributed by atoms with E-state index in [1.165, 1.54) is 5.69 Å². The van der Waals surface area contributed by atoms with Gasteiger partial charge in [-0.2, -0.15) is 0 Å². The van der Waals surface area contributed by atoms with Crippen LogP contribution in [0.1, 0.15) is 12.6 Å². The molecule has 0 amide bonds. The average Bonchev–Trinajstić information content (AvgIpc) is 2.95. The van der Waals surface area contributed by atoms with Crippen LogP contribution in [0.15, 0.2) is 42.6 Å². The normalized spacial score (nSPS) is 17.1. The van der Waals surface area contributed by atoms with Gasteiger partial charge in [0.2, 0.25) is 0 Å². The average molecular weight is 272 g/mol. The van der Waals surface area contributed by atoms with Crippen molar-refractivity contribution in [1.29, 1.82) is 0 Å². The number of fused-ring (bicyclic) bond motifs is 1. The molecule has 2 aromatic rings. The highest BCUT2D eigenvalue weighted by atomic mass is 16.6. The summed E-state index contributed by atoms with van der Waals surface area (Å²) >= 11 is 0. The van der Waals surface area contributed by atoms with Gasteiger partial charge in [-0.15, -0.1) is 0 Å². The van der Waals surface area contributed by atoms with Gasteiger partial charge in [0.25, 0.3) is 0 Å². The Morgan fingerprint density at radius 1 is 1.20 bits per heavy atom. The molecular formula is C16H20N2O2. The summed E-state index contributed by atoms with van der Waals surface area (Å²) < 4.78 is 13.8. The minimum atomic E-state index is 0.0648. The molecule has 1 atom stereocenters. The van der Waals surface area contributed by atoms with E-state index in [0.717, 1.165) is 31.1 Å². The lowest BCUT2D eigenvalue weighted by Crippen LogP contribution is -2.38. The molecule has 3 rings (SSSR count). The highest BCUT2D eigenvalue weighted by Gasteiger charge is 2.19. The standard InChI is InChI=1S/C16H20N2O2/c1-2-18-9-5-6-13(18)10-17-11-14-12-19-15-7-3-4-8-16(15)20-14/h3-9,14,17H,2,10-12H2,1H3. The molecule has 4 heteroatoms. The van der Waals surface area contributed by atoms with Gasteiger partial charge in [-0.1, -0.05) is 12.1 Å². The Hall–Kier alpha value is -1.94. The number of nitrogens with zero attached hydrogens (tertiary/aromatic N) is 1. The maximum atomic E-state index is 5.91. The van der Waals surface area contributed by atoms with Crippen molar-refractivity contribution in [2.75, 3.05) is 13.2 Å². The largest absolute Gasteiger partial charge is 0.486 e. The number of aromatic nitrogens is 1.